The molecule has 1 aromatic carbocycles. The number of rotatable bonds is 2. The SMILES string of the molecule is COc1cc(Br)c(O)c(C(N)C#N)c1. The normalized spacial score (nSPS) is 11.9. The van der Waals surface area contributed by atoms with E-state index in [0.717, 1.165) is 0 Å². The van der Waals surface area contributed by atoms with Crippen LogP contribution in [0.25, 0.3) is 0 Å². The smallest absolute Gasteiger partial charge is 0.135 e. The van der Waals surface area contributed by atoms with Crippen LogP contribution in [-0.4, -0.2) is 12.2 Å². The van der Waals surface area contributed by atoms with Gasteiger partial charge in [0, 0.05) is 5.56 Å². The predicted molar refractivity (Wildman–Crippen MR) is 54.9 cm³/mol. The summed E-state index contributed by atoms with van der Waals surface area (Å²) in [5.41, 5.74) is 5.84. The summed E-state index contributed by atoms with van der Waals surface area (Å²) in [5, 5.41) is 18.2. The first-order valence-electron chi connectivity index (χ1n) is 3.81. The van der Waals surface area contributed by atoms with Crippen LogP contribution in [0.4, 0.5) is 0 Å². The number of nitrogens with zero attached hydrogens (tertiary/aromatic N) is 1. The third kappa shape index (κ3) is 1.97. The van der Waals surface area contributed by atoms with Crippen LogP contribution in [0.3, 0.4) is 0 Å². The second kappa shape index (κ2) is 4.31. The maximum atomic E-state index is 9.59. The Morgan fingerprint density at radius 2 is 2.29 bits per heavy atom. The maximum absolute atomic E-state index is 9.59. The molecule has 1 rings (SSSR count). The highest BCUT2D eigenvalue weighted by Crippen LogP contribution is 2.35. The molecule has 0 aliphatic carbocycles. The fourth-order valence-electron chi connectivity index (χ4n) is 1.02. The second-order valence-corrected chi connectivity index (χ2v) is 3.51. The number of hydrogen-bond acceptors (Lipinski definition) is 4. The topological polar surface area (TPSA) is 79.3 Å². The zero-order chi connectivity index (χ0) is 10.7. The number of nitrogens with two attached hydrogens (primary N) is 1. The average Bonchev–Trinajstić information content (AvgIpc) is 2.20. The molecule has 0 bridgehead atoms. The number of halogens is 1. The first-order chi connectivity index (χ1) is 6.60. The van der Waals surface area contributed by atoms with Crippen molar-refractivity contribution in [1.82, 2.24) is 0 Å². The number of nitriles is 1. The van der Waals surface area contributed by atoms with Gasteiger partial charge in [-0.05, 0) is 28.1 Å². The van der Waals surface area contributed by atoms with E-state index >= 15 is 0 Å². The lowest BCUT2D eigenvalue weighted by molar-refractivity contribution is 0.409. The molecule has 0 aliphatic heterocycles. The highest BCUT2D eigenvalue weighted by molar-refractivity contribution is 9.10. The van der Waals surface area contributed by atoms with Crippen molar-refractivity contribution < 1.29 is 9.84 Å². The van der Waals surface area contributed by atoms with Gasteiger partial charge in [-0.15, -0.1) is 0 Å². The molecule has 5 heteroatoms. The Morgan fingerprint density at radius 3 is 2.79 bits per heavy atom. The first kappa shape index (κ1) is 10.8. The Bertz CT molecular complexity index is 387. The van der Waals surface area contributed by atoms with Crippen LogP contribution < -0.4 is 10.5 Å². The zero-order valence-corrected chi connectivity index (χ0v) is 9.08. The molecule has 1 aromatic rings. The molecule has 0 radical (unpaired) electrons. The van der Waals surface area contributed by atoms with Gasteiger partial charge in [-0.25, -0.2) is 0 Å². The van der Waals surface area contributed by atoms with Crippen molar-refractivity contribution in [3.05, 3.63) is 22.2 Å². The summed E-state index contributed by atoms with van der Waals surface area (Å²) in [6.07, 6.45) is 0. The number of methoxy groups -OCH3 is 1. The van der Waals surface area contributed by atoms with Crippen molar-refractivity contribution >= 4 is 15.9 Å². The molecule has 74 valence electrons. The van der Waals surface area contributed by atoms with Gasteiger partial charge in [0.25, 0.3) is 0 Å². The number of aromatic hydroxyl groups is 1. The van der Waals surface area contributed by atoms with Crippen molar-refractivity contribution in [1.29, 1.82) is 5.26 Å². The van der Waals surface area contributed by atoms with Crippen LogP contribution in [0.5, 0.6) is 11.5 Å². The summed E-state index contributed by atoms with van der Waals surface area (Å²) in [6, 6.07) is 4.12. The Balaban J connectivity index is 3.28. The molecule has 0 aliphatic rings. The molecule has 0 spiro atoms. The fraction of sp³-hybridized carbons (Fsp3) is 0.222. The van der Waals surface area contributed by atoms with Crippen LogP contribution in [0.1, 0.15) is 11.6 Å². The van der Waals surface area contributed by atoms with E-state index in [9.17, 15) is 5.11 Å². The zero-order valence-electron chi connectivity index (χ0n) is 7.49. The van der Waals surface area contributed by atoms with Gasteiger partial charge in [-0.1, -0.05) is 0 Å². The van der Waals surface area contributed by atoms with Crippen molar-refractivity contribution in [2.24, 2.45) is 5.73 Å². The number of phenols is 1. The van der Waals surface area contributed by atoms with Crippen molar-refractivity contribution in [3.63, 3.8) is 0 Å². The number of benzene rings is 1. The monoisotopic (exact) mass is 256 g/mol. The second-order valence-electron chi connectivity index (χ2n) is 2.65. The summed E-state index contributed by atoms with van der Waals surface area (Å²) >= 11 is 3.14. The minimum atomic E-state index is -0.860. The molecule has 0 fully saturated rings. The van der Waals surface area contributed by atoms with Gasteiger partial charge in [0.1, 0.15) is 17.5 Å². The van der Waals surface area contributed by atoms with E-state index in [-0.39, 0.29) is 5.75 Å². The van der Waals surface area contributed by atoms with Crippen LogP contribution in [0.15, 0.2) is 16.6 Å². The summed E-state index contributed by atoms with van der Waals surface area (Å²) in [7, 11) is 1.50. The lowest BCUT2D eigenvalue weighted by atomic mass is 10.1. The van der Waals surface area contributed by atoms with Gasteiger partial charge in [0.05, 0.1) is 17.7 Å². The molecule has 0 aromatic heterocycles. The fourth-order valence-corrected chi connectivity index (χ4v) is 1.47. The third-order valence-electron chi connectivity index (χ3n) is 1.78. The van der Waals surface area contributed by atoms with E-state index in [4.69, 9.17) is 15.7 Å². The van der Waals surface area contributed by atoms with Crippen LogP contribution in [-0.2, 0) is 0 Å². The van der Waals surface area contributed by atoms with E-state index in [1.165, 1.54) is 13.2 Å². The minimum absolute atomic E-state index is 0.0279. The molecule has 1 atom stereocenters. The highest BCUT2D eigenvalue weighted by Gasteiger charge is 2.14. The molecular formula is C9H9BrN2O2. The largest absolute Gasteiger partial charge is 0.506 e. The Kier molecular flexibility index (Phi) is 3.33. The van der Waals surface area contributed by atoms with Crippen LogP contribution in [0, 0.1) is 11.3 Å². The molecule has 0 saturated heterocycles. The van der Waals surface area contributed by atoms with Crippen molar-refractivity contribution in [2.75, 3.05) is 7.11 Å². The van der Waals surface area contributed by atoms with Gasteiger partial charge >= 0.3 is 0 Å². The molecule has 3 N–H and O–H groups in total. The third-order valence-corrected chi connectivity index (χ3v) is 2.38. The number of phenolic OH excluding ortho intramolecular Hbond substituents is 1. The van der Waals surface area contributed by atoms with Crippen LogP contribution in [0.2, 0.25) is 0 Å². The molecule has 0 amide bonds. The summed E-state index contributed by atoms with van der Waals surface area (Å²) in [4.78, 5) is 0. The van der Waals surface area contributed by atoms with Gasteiger partial charge in [-0.2, -0.15) is 5.26 Å². The summed E-state index contributed by atoms with van der Waals surface area (Å²) in [5.74, 6) is 0.509. The minimum Gasteiger partial charge on any atom is -0.506 e. The lowest BCUT2D eigenvalue weighted by Gasteiger charge is -2.10. The van der Waals surface area contributed by atoms with Crippen LogP contribution >= 0.6 is 15.9 Å². The van der Waals surface area contributed by atoms with E-state index in [1.54, 1.807) is 6.07 Å². The van der Waals surface area contributed by atoms with Gasteiger partial charge in [0.2, 0.25) is 0 Å². The lowest BCUT2D eigenvalue weighted by Crippen LogP contribution is -2.07. The Morgan fingerprint density at radius 1 is 1.64 bits per heavy atom. The number of hydrogen-bond donors (Lipinski definition) is 2. The molecule has 4 nitrogen and oxygen atoms in total. The molecule has 1 unspecified atom stereocenters. The molecular weight excluding hydrogens is 248 g/mol. The first-order valence-corrected chi connectivity index (χ1v) is 4.61. The average molecular weight is 257 g/mol. The van der Waals surface area contributed by atoms with Gasteiger partial charge in [-0.3, -0.25) is 0 Å². The highest BCUT2D eigenvalue weighted by atomic mass is 79.9. The van der Waals surface area contributed by atoms with E-state index in [0.29, 0.717) is 15.8 Å². The van der Waals surface area contributed by atoms with E-state index < -0.39 is 6.04 Å². The quantitative estimate of drug-likeness (QED) is 0.844. The van der Waals surface area contributed by atoms with E-state index in [2.05, 4.69) is 15.9 Å². The Hall–Kier alpha value is -1.25. The molecule has 0 saturated carbocycles. The molecule has 0 heterocycles. The van der Waals surface area contributed by atoms with Gasteiger partial charge < -0.3 is 15.6 Å². The predicted octanol–water partition coefficient (Wildman–Crippen LogP) is 1.69. The van der Waals surface area contributed by atoms with Crippen molar-refractivity contribution in [3.8, 4) is 17.6 Å². The van der Waals surface area contributed by atoms with Gasteiger partial charge in [0.15, 0.2) is 0 Å². The maximum Gasteiger partial charge on any atom is 0.135 e. The molecule has 14 heavy (non-hydrogen) atoms. The van der Waals surface area contributed by atoms with E-state index in [1.807, 2.05) is 6.07 Å². The summed E-state index contributed by atoms with van der Waals surface area (Å²) in [6.45, 7) is 0. The standard InChI is InChI=1S/C9H9BrN2O2/c1-14-5-2-6(8(12)4-11)9(13)7(10)3-5/h2-3,8,13H,12H2,1H3. The Labute approximate surface area is 90.0 Å². The summed E-state index contributed by atoms with van der Waals surface area (Å²) < 4.78 is 5.44. The number of ether oxygens (including phenoxy) is 1. The van der Waals surface area contributed by atoms with Crippen molar-refractivity contribution in [2.45, 2.75) is 6.04 Å².